The van der Waals surface area contributed by atoms with E-state index in [1.165, 1.54) is 24.3 Å². The Hall–Kier alpha value is -3.22. The normalized spacial score (nSPS) is 16.3. The quantitative estimate of drug-likeness (QED) is 0.846. The highest BCUT2D eigenvalue weighted by atomic mass is 19.1. The molecule has 2 aromatic carbocycles. The van der Waals surface area contributed by atoms with Gasteiger partial charge in [0.05, 0.1) is 0 Å². The van der Waals surface area contributed by atoms with Gasteiger partial charge in [0.25, 0.3) is 5.91 Å². The van der Waals surface area contributed by atoms with Gasteiger partial charge >= 0.3 is 0 Å². The Bertz CT molecular complexity index is 982. The lowest BCUT2D eigenvalue weighted by atomic mass is 9.95. The molecule has 4 rings (SSSR count). The molecule has 1 saturated heterocycles. The summed E-state index contributed by atoms with van der Waals surface area (Å²) < 4.78 is 13.1. The lowest BCUT2D eigenvalue weighted by molar-refractivity contribution is -0.121. The summed E-state index contributed by atoms with van der Waals surface area (Å²) in [6.07, 6.45) is 1.95. The van der Waals surface area contributed by atoms with E-state index in [1.807, 2.05) is 18.2 Å². The van der Waals surface area contributed by atoms with Crippen LogP contribution in [0, 0.1) is 11.7 Å². The van der Waals surface area contributed by atoms with Crippen molar-refractivity contribution < 1.29 is 18.8 Å². The fraction of sp³-hybridized carbons (Fsp3) is 0.348. The monoisotopic (exact) mass is 409 g/mol. The molecule has 1 N–H and O–H groups in total. The van der Waals surface area contributed by atoms with Crippen molar-refractivity contribution in [3.8, 4) is 0 Å². The largest absolute Gasteiger partial charge is 0.339 e. The van der Waals surface area contributed by atoms with E-state index in [0.717, 1.165) is 23.4 Å². The summed E-state index contributed by atoms with van der Waals surface area (Å²) in [6.45, 7) is 3.21. The molecule has 0 radical (unpaired) electrons. The third-order valence-electron chi connectivity index (χ3n) is 5.87. The second-order valence-electron chi connectivity index (χ2n) is 7.83. The van der Waals surface area contributed by atoms with Crippen LogP contribution in [-0.2, 0) is 16.0 Å². The zero-order valence-electron chi connectivity index (χ0n) is 16.9. The molecule has 7 heteroatoms. The first-order valence-corrected chi connectivity index (χ1v) is 10.2. The molecule has 0 atom stereocenters. The number of likely N-dealkylation sites (tertiary alicyclic amines) is 1. The van der Waals surface area contributed by atoms with Gasteiger partial charge in [0.2, 0.25) is 11.8 Å². The summed E-state index contributed by atoms with van der Waals surface area (Å²) in [7, 11) is 0. The molecule has 0 saturated carbocycles. The molecule has 0 bridgehead atoms. The molecular weight excluding hydrogens is 385 g/mol. The van der Waals surface area contributed by atoms with Crippen molar-refractivity contribution >= 4 is 29.1 Å². The summed E-state index contributed by atoms with van der Waals surface area (Å²) in [5.74, 6) is -0.702. The number of amides is 3. The van der Waals surface area contributed by atoms with Crippen molar-refractivity contribution in [1.29, 1.82) is 0 Å². The van der Waals surface area contributed by atoms with Gasteiger partial charge < -0.3 is 15.1 Å². The maximum atomic E-state index is 13.1. The maximum Gasteiger partial charge on any atom is 0.253 e. The number of rotatable bonds is 3. The fourth-order valence-electron chi connectivity index (χ4n) is 4.17. The number of nitrogens with zero attached hydrogens (tertiary/aromatic N) is 2. The molecule has 6 nitrogen and oxygen atoms in total. The number of carbonyl (C=O) groups is 3. The summed E-state index contributed by atoms with van der Waals surface area (Å²) in [5.41, 5.74) is 3.15. The summed E-state index contributed by atoms with van der Waals surface area (Å²) in [4.78, 5) is 40.4. The van der Waals surface area contributed by atoms with Crippen LogP contribution in [0.4, 0.5) is 15.8 Å². The predicted octanol–water partition coefficient (Wildman–Crippen LogP) is 3.23. The molecule has 156 valence electrons. The molecule has 2 aliphatic heterocycles. The van der Waals surface area contributed by atoms with Gasteiger partial charge in [-0.2, -0.15) is 0 Å². The molecule has 2 aromatic rings. The van der Waals surface area contributed by atoms with E-state index >= 15 is 0 Å². The van der Waals surface area contributed by atoms with E-state index in [0.29, 0.717) is 38.0 Å². The first-order valence-electron chi connectivity index (χ1n) is 10.2. The summed E-state index contributed by atoms with van der Waals surface area (Å²) in [6, 6.07) is 11.2. The third-order valence-corrected chi connectivity index (χ3v) is 5.87. The first kappa shape index (κ1) is 20.1. The topological polar surface area (TPSA) is 69.7 Å². The van der Waals surface area contributed by atoms with E-state index in [9.17, 15) is 18.8 Å². The van der Waals surface area contributed by atoms with Crippen LogP contribution in [0.5, 0.6) is 0 Å². The number of anilines is 2. The molecule has 2 aliphatic rings. The highest BCUT2D eigenvalue weighted by Gasteiger charge is 2.28. The van der Waals surface area contributed by atoms with Gasteiger partial charge in [-0.3, -0.25) is 14.4 Å². The Morgan fingerprint density at radius 1 is 1.00 bits per heavy atom. The molecule has 30 heavy (non-hydrogen) atoms. The number of carbonyl (C=O) groups excluding carboxylic acids is 3. The van der Waals surface area contributed by atoms with Gasteiger partial charge in [-0.1, -0.05) is 0 Å². The second kappa shape index (κ2) is 8.26. The Labute approximate surface area is 174 Å². The van der Waals surface area contributed by atoms with Crippen LogP contribution in [0.2, 0.25) is 0 Å². The zero-order valence-corrected chi connectivity index (χ0v) is 16.9. The lowest BCUT2D eigenvalue weighted by Crippen LogP contribution is -2.41. The van der Waals surface area contributed by atoms with Gasteiger partial charge in [0.15, 0.2) is 0 Å². The van der Waals surface area contributed by atoms with E-state index < -0.39 is 0 Å². The highest BCUT2D eigenvalue weighted by molar-refractivity contribution is 5.97. The van der Waals surface area contributed by atoms with Crippen molar-refractivity contribution in [1.82, 2.24) is 4.90 Å². The second-order valence-corrected chi connectivity index (χ2v) is 7.83. The molecule has 2 heterocycles. The van der Waals surface area contributed by atoms with Gasteiger partial charge in [-0.05, 0) is 67.3 Å². The van der Waals surface area contributed by atoms with Crippen LogP contribution in [0.25, 0.3) is 0 Å². The van der Waals surface area contributed by atoms with Crippen molar-refractivity contribution in [2.24, 2.45) is 5.92 Å². The number of fused-ring (bicyclic) bond motifs is 1. The number of hydrogen-bond acceptors (Lipinski definition) is 3. The SMILES string of the molecule is CC(=O)N1CCc2cc(NC(=O)C3CCN(C(=O)c4ccc(F)cc4)CC3)ccc21. The van der Waals surface area contributed by atoms with Crippen LogP contribution in [-0.4, -0.2) is 42.3 Å². The third kappa shape index (κ3) is 4.06. The minimum Gasteiger partial charge on any atom is -0.339 e. The van der Waals surface area contributed by atoms with Crippen LogP contribution in [0.1, 0.15) is 35.7 Å². The number of nitrogens with one attached hydrogen (secondary N) is 1. The maximum absolute atomic E-state index is 13.1. The Morgan fingerprint density at radius 2 is 1.70 bits per heavy atom. The average molecular weight is 409 g/mol. The average Bonchev–Trinajstić information content (AvgIpc) is 3.17. The summed E-state index contributed by atoms with van der Waals surface area (Å²) in [5, 5.41) is 2.98. The van der Waals surface area contributed by atoms with E-state index in [-0.39, 0.29) is 29.5 Å². The fourth-order valence-corrected chi connectivity index (χ4v) is 4.17. The zero-order chi connectivity index (χ0) is 21.3. The Balaban J connectivity index is 1.33. The number of benzene rings is 2. The van der Waals surface area contributed by atoms with Gasteiger partial charge in [-0.25, -0.2) is 4.39 Å². The van der Waals surface area contributed by atoms with Crippen LogP contribution >= 0.6 is 0 Å². The first-order chi connectivity index (χ1) is 14.4. The van der Waals surface area contributed by atoms with Crippen LogP contribution in [0.3, 0.4) is 0 Å². The minimum atomic E-state index is -0.373. The van der Waals surface area contributed by atoms with Crippen molar-refractivity contribution in [3.05, 3.63) is 59.4 Å². The smallest absolute Gasteiger partial charge is 0.253 e. The molecule has 3 amide bonds. The standard InChI is InChI=1S/C23H24FN3O3/c1-15(28)27-13-10-18-14-20(6-7-21(18)27)25-22(29)16-8-11-26(12-9-16)23(30)17-2-4-19(24)5-3-17/h2-7,14,16H,8-13H2,1H3,(H,25,29). The highest BCUT2D eigenvalue weighted by Crippen LogP contribution is 2.31. The number of piperidine rings is 1. The minimum absolute atomic E-state index is 0.0208. The molecular formula is C23H24FN3O3. The van der Waals surface area contributed by atoms with E-state index in [4.69, 9.17) is 0 Å². The molecule has 1 fully saturated rings. The molecule has 0 unspecified atom stereocenters. The van der Waals surface area contributed by atoms with Crippen molar-refractivity contribution in [2.75, 3.05) is 29.9 Å². The van der Waals surface area contributed by atoms with Gasteiger partial charge in [0.1, 0.15) is 5.82 Å². The number of halogens is 1. The molecule has 0 aromatic heterocycles. The van der Waals surface area contributed by atoms with Crippen LogP contribution < -0.4 is 10.2 Å². The Kier molecular flexibility index (Phi) is 5.53. The van der Waals surface area contributed by atoms with Gasteiger partial charge in [0, 0.05) is 49.4 Å². The summed E-state index contributed by atoms with van der Waals surface area (Å²) >= 11 is 0. The van der Waals surface area contributed by atoms with Crippen LogP contribution in [0.15, 0.2) is 42.5 Å². The molecule has 0 aliphatic carbocycles. The van der Waals surface area contributed by atoms with E-state index in [1.54, 1.807) is 16.7 Å². The predicted molar refractivity (Wildman–Crippen MR) is 112 cm³/mol. The Morgan fingerprint density at radius 3 is 2.37 bits per heavy atom. The van der Waals surface area contributed by atoms with Crippen molar-refractivity contribution in [2.45, 2.75) is 26.2 Å². The van der Waals surface area contributed by atoms with E-state index in [2.05, 4.69) is 5.32 Å². The molecule has 0 spiro atoms. The van der Waals surface area contributed by atoms with Crippen molar-refractivity contribution in [3.63, 3.8) is 0 Å². The number of hydrogen-bond donors (Lipinski definition) is 1. The lowest BCUT2D eigenvalue weighted by Gasteiger charge is -2.31. The van der Waals surface area contributed by atoms with Gasteiger partial charge in [-0.15, -0.1) is 0 Å².